The van der Waals surface area contributed by atoms with E-state index in [0.717, 1.165) is 32.1 Å². The van der Waals surface area contributed by atoms with Gasteiger partial charge in [0.1, 0.15) is 0 Å². The zero-order chi connectivity index (χ0) is 13.8. The Hall–Kier alpha value is 0.110. The minimum atomic E-state index is -4.12. The van der Waals surface area contributed by atoms with Crippen LogP contribution in [0.4, 0.5) is 0 Å². The summed E-state index contributed by atoms with van der Waals surface area (Å²) in [6.45, 7) is 6.55. The van der Waals surface area contributed by atoms with E-state index in [1.165, 1.54) is 0 Å². The van der Waals surface area contributed by atoms with Gasteiger partial charge in [-0.1, -0.05) is 26.7 Å². The predicted octanol–water partition coefficient (Wildman–Crippen LogP) is 3.32. The van der Waals surface area contributed by atoms with Crippen LogP contribution in [-0.2, 0) is 9.30 Å². The molecule has 0 aromatic rings. The minimum absolute atomic E-state index is 0.307. The Bertz CT molecular complexity index is 301. The summed E-state index contributed by atoms with van der Waals surface area (Å²) < 4.78 is 17.5. The van der Waals surface area contributed by atoms with E-state index in [0.29, 0.717) is 18.9 Å². The van der Waals surface area contributed by atoms with Gasteiger partial charge in [0.05, 0.1) is 11.3 Å². The normalized spacial score (nSPS) is 33.6. The molecule has 1 fully saturated rings. The Morgan fingerprint density at radius 2 is 2.06 bits per heavy atom. The summed E-state index contributed by atoms with van der Waals surface area (Å²) >= 11 is 0. The Morgan fingerprint density at radius 3 is 2.61 bits per heavy atom. The lowest BCUT2D eigenvalue weighted by Crippen LogP contribution is -2.45. The molecule has 0 radical (unpaired) electrons. The van der Waals surface area contributed by atoms with Crippen LogP contribution in [0.5, 0.6) is 0 Å². The van der Waals surface area contributed by atoms with Crippen LogP contribution < -0.4 is 0 Å². The fraction of sp³-hybridized carbons (Fsp3) is 1.00. The summed E-state index contributed by atoms with van der Waals surface area (Å²) in [4.78, 5) is 19.2. The fourth-order valence-electron chi connectivity index (χ4n) is 2.60. The van der Waals surface area contributed by atoms with Crippen molar-refractivity contribution in [3.05, 3.63) is 0 Å². The van der Waals surface area contributed by atoms with Crippen molar-refractivity contribution in [1.82, 2.24) is 0 Å². The van der Waals surface area contributed by atoms with E-state index < -0.39 is 12.8 Å². The molecule has 4 nitrogen and oxygen atoms in total. The summed E-state index contributed by atoms with van der Waals surface area (Å²) in [5.41, 5.74) is 0. The minimum Gasteiger partial charge on any atom is -0.377 e. The van der Waals surface area contributed by atoms with E-state index in [2.05, 4.69) is 13.8 Å². The van der Waals surface area contributed by atoms with Gasteiger partial charge in [-0.2, -0.15) is 0 Å². The Morgan fingerprint density at radius 1 is 1.39 bits per heavy atom. The lowest BCUT2D eigenvalue weighted by Gasteiger charge is -2.43. The highest BCUT2D eigenvalue weighted by Crippen LogP contribution is 2.58. The smallest absolute Gasteiger partial charge is 0.333 e. The van der Waals surface area contributed by atoms with Crippen LogP contribution in [0.3, 0.4) is 0 Å². The van der Waals surface area contributed by atoms with Crippen LogP contribution in [0, 0.1) is 5.92 Å². The summed E-state index contributed by atoms with van der Waals surface area (Å²) in [5, 5.41) is -0.994. The largest absolute Gasteiger partial charge is 0.377 e. The van der Waals surface area contributed by atoms with Gasteiger partial charge in [0.2, 0.25) is 0 Å². The molecule has 0 amide bonds. The molecule has 0 aromatic heterocycles. The van der Waals surface area contributed by atoms with Gasteiger partial charge in [0.25, 0.3) is 0 Å². The molecule has 108 valence electrons. The van der Waals surface area contributed by atoms with Crippen LogP contribution in [-0.4, -0.2) is 27.7 Å². The van der Waals surface area contributed by atoms with Crippen molar-refractivity contribution in [2.24, 2.45) is 5.92 Å². The average Bonchev–Trinajstić information content (AvgIpc) is 2.27. The maximum absolute atomic E-state index is 11.7. The van der Waals surface area contributed by atoms with E-state index in [1.54, 1.807) is 6.92 Å². The molecule has 1 aliphatic carbocycles. The second kappa shape index (κ2) is 6.51. The standard InChI is InChI=1S/C13H27O4P/c1-4-5-6-9-17-12-10-11(2)7-8-13(12,3)18(14,15)16/h11-12H,4-10H2,1-3H3,(H2,14,15,16). The molecule has 0 aliphatic heterocycles. The number of hydrogen-bond acceptors (Lipinski definition) is 2. The highest BCUT2D eigenvalue weighted by atomic mass is 31.2. The molecule has 0 bridgehead atoms. The van der Waals surface area contributed by atoms with Gasteiger partial charge in [-0.25, -0.2) is 0 Å². The maximum atomic E-state index is 11.7. The molecular weight excluding hydrogens is 251 g/mol. The molecule has 0 aromatic carbocycles. The Labute approximate surface area is 110 Å². The predicted molar refractivity (Wildman–Crippen MR) is 72.7 cm³/mol. The quantitative estimate of drug-likeness (QED) is 0.578. The van der Waals surface area contributed by atoms with Crippen LogP contribution in [0.25, 0.3) is 0 Å². The van der Waals surface area contributed by atoms with E-state index in [9.17, 15) is 14.4 Å². The molecule has 0 saturated heterocycles. The topological polar surface area (TPSA) is 66.8 Å². The van der Waals surface area contributed by atoms with Crippen LogP contribution in [0.1, 0.15) is 59.3 Å². The zero-order valence-electron chi connectivity index (χ0n) is 11.8. The molecule has 1 aliphatic rings. The van der Waals surface area contributed by atoms with Gasteiger partial charge >= 0.3 is 7.60 Å². The first kappa shape index (κ1) is 16.2. The molecule has 18 heavy (non-hydrogen) atoms. The molecule has 0 spiro atoms. The third kappa shape index (κ3) is 3.80. The highest BCUT2D eigenvalue weighted by Gasteiger charge is 2.51. The summed E-state index contributed by atoms with van der Waals surface area (Å²) in [6.07, 6.45) is 5.08. The molecule has 1 saturated carbocycles. The third-order valence-electron chi connectivity index (χ3n) is 4.19. The Balaban J connectivity index is 2.65. The van der Waals surface area contributed by atoms with Gasteiger partial charge < -0.3 is 14.5 Å². The SMILES string of the molecule is CCCCCOC1CC(C)CCC1(C)P(=O)(O)O. The monoisotopic (exact) mass is 278 g/mol. The van der Waals surface area contributed by atoms with Crippen LogP contribution >= 0.6 is 7.60 Å². The lowest BCUT2D eigenvalue weighted by atomic mass is 9.81. The average molecular weight is 278 g/mol. The van der Waals surface area contributed by atoms with Crippen molar-refractivity contribution in [3.8, 4) is 0 Å². The third-order valence-corrected chi connectivity index (χ3v) is 6.03. The van der Waals surface area contributed by atoms with Crippen molar-refractivity contribution in [2.45, 2.75) is 70.6 Å². The van der Waals surface area contributed by atoms with E-state index in [-0.39, 0.29) is 6.10 Å². The molecule has 2 N–H and O–H groups in total. The molecule has 5 heteroatoms. The first-order valence-corrected chi connectivity index (χ1v) is 8.59. The number of rotatable bonds is 6. The summed E-state index contributed by atoms with van der Waals surface area (Å²) in [7, 11) is -4.12. The van der Waals surface area contributed by atoms with Crippen molar-refractivity contribution in [1.29, 1.82) is 0 Å². The maximum Gasteiger partial charge on any atom is 0.333 e. The van der Waals surface area contributed by atoms with E-state index in [4.69, 9.17) is 4.74 Å². The van der Waals surface area contributed by atoms with Crippen LogP contribution in [0.15, 0.2) is 0 Å². The fourth-order valence-corrected chi connectivity index (χ4v) is 3.57. The lowest BCUT2D eigenvalue weighted by molar-refractivity contribution is -0.0157. The van der Waals surface area contributed by atoms with Crippen molar-refractivity contribution in [2.75, 3.05) is 6.61 Å². The molecule has 1 rings (SSSR count). The Kier molecular flexibility index (Phi) is 5.85. The molecular formula is C13H27O4P. The number of unbranched alkanes of at least 4 members (excludes halogenated alkanes) is 2. The summed E-state index contributed by atoms with van der Waals surface area (Å²) in [5.74, 6) is 0.487. The van der Waals surface area contributed by atoms with E-state index >= 15 is 0 Å². The van der Waals surface area contributed by atoms with Gasteiger partial charge in [-0.3, -0.25) is 4.57 Å². The first-order valence-electron chi connectivity index (χ1n) is 6.98. The van der Waals surface area contributed by atoms with Crippen molar-refractivity contribution in [3.63, 3.8) is 0 Å². The van der Waals surface area contributed by atoms with Gasteiger partial charge in [0, 0.05) is 6.61 Å². The number of ether oxygens (including phenoxy) is 1. The van der Waals surface area contributed by atoms with Crippen molar-refractivity contribution < 1.29 is 19.1 Å². The first-order chi connectivity index (χ1) is 8.31. The second-order valence-electron chi connectivity index (χ2n) is 5.85. The van der Waals surface area contributed by atoms with E-state index in [1.807, 2.05) is 0 Å². The summed E-state index contributed by atoms with van der Waals surface area (Å²) in [6, 6.07) is 0. The molecule has 3 atom stereocenters. The number of hydrogen-bond donors (Lipinski definition) is 2. The van der Waals surface area contributed by atoms with Crippen LogP contribution in [0.2, 0.25) is 0 Å². The van der Waals surface area contributed by atoms with Crippen molar-refractivity contribution >= 4 is 7.60 Å². The highest BCUT2D eigenvalue weighted by molar-refractivity contribution is 7.53. The molecule has 0 heterocycles. The van der Waals surface area contributed by atoms with Gasteiger partial charge in [-0.05, 0) is 38.5 Å². The van der Waals surface area contributed by atoms with Gasteiger partial charge in [0.15, 0.2) is 0 Å². The second-order valence-corrected chi connectivity index (χ2v) is 7.96. The van der Waals surface area contributed by atoms with Gasteiger partial charge in [-0.15, -0.1) is 0 Å². The zero-order valence-corrected chi connectivity index (χ0v) is 12.7. The molecule has 3 unspecified atom stereocenters.